The molecule has 3 heterocycles. The number of benzene rings is 1. The Morgan fingerprint density at radius 3 is 2.25 bits per heavy atom. The van der Waals surface area contributed by atoms with Crippen LogP contribution in [0.2, 0.25) is 0 Å². The van der Waals surface area contributed by atoms with Crippen molar-refractivity contribution >= 4 is 23.4 Å². The fourth-order valence-corrected chi connectivity index (χ4v) is 4.56. The third kappa shape index (κ3) is 7.30. The van der Waals surface area contributed by atoms with Crippen molar-refractivity contribution < 1.29 is 27.8 Å². The van der Waals surface area contributed by atoms with E-state index >= 15 is 0 Å². The number of carboxylic acids is 1. The Kier molecular flexibility index (Phi) is 9.13. The van der Waals surface area contributed by atoms with Crippen molar-refractivity contribution in [3.8, 4) is 0 Å². The van der Waals surface area contributed by atoms with Gasteiger partial charge in [0.15, 0.2) is 0 Å². The number of hydrogen-bond acceptors (Lipinski definition) is 7. The molecule has 2 aliphatic rings. The fourth-order valence-electron chi connectivity index (χ4n) is 4.56. The van der Waals surface area contributed by atoms with Gasteiger partial charge in [-0.15, -0.1) is 0 Å². The van der Waals surface area contributed by atoms with Gasteiger partial charge in [0.2, 0.25) is 5.95 Å². The first-order valence-corrected chi connectivity index (χ1v) is 12.0. The number of nitrogens with zero attached hydrogens (tertiary/aromatic N) is 4. The van der Waals surface area contributed by atoms with E-state index in [1.165, 1.54) is 22.3 Å². The number of aliphatic carboxylic acids is 1. The van der Waals surface area contributed by atoms with E-state index in [1.54, 1.807) is 0 Å². The average molecular weight is 510 g/mol. The zero-order valence-corrected chi connectivity index (χ0v) is 21.2. The molecule has 11 heteroatoms. The second-order valence-corrected chi connectivity index (χ2v) is 9.18. The van der Waals surface area contributed by atoms with Gasteiger partial charge < -0.3 is 20.1 Å². The number of alkyl halides is 3. The van der Waals surface area contributed by atoms with E-state index in [9.17, 15) is 13.2 Å². The minimum absolute atomic E-state index is 0.705. The Labute approximate surface area is 209 Å². The van der Waals surface area contributed by atoms with Crippen molar-refractivity contribution in [3.05, 3.63) is 40.1 Å². The minimum Gasteiger partial charge on any atom is -0.475 e. The molecule has 1 aromatic carbocycles. The number of anilines is 3. The van der Waals surface area contributed by atoms with Crippen LogP contribution in [0.5, 0.6) is 0 Å². The lowest BCUT2D eigenvalue weighted by atomic mass is 10.1. The number of hydrogen-bond donors (Lipinski definition) is 2. The lowest BCUT2D eigenvalue weighted by Gasteiger charge is -2.27. The van der Waals surface area contributed by atoms with Crippen molar-refractivity contribution in [1.29, 1.82) is 0 Å². The minimum atomic E-state index is -5.08. The first kappa shape index (κ1) is 27.7. The Morgan fingerprint density at radius 1 is 1.06 bits per heavy atom. The Hall–Kier alpha value is -2.92. The van der Waals surface area contributed by atoms with Gasteiger partial charge in [-0.25, -0.2) is 9.78 Å². The number of nitrogens with one attached hydrogen (secondary N) is 1. The number of carboxylic acid groups (broad SMARTS) is 1. The second-order valence-electron chi connectivity index (χ2n) is 9.18. The molecule has 0 atom stereocenters. The smallest absolute Gasteiger partial charge is 0.475 e. The van der Waals surface area contributed by atoms with E-state index in [4.69, 9.17) is 24.6 Å². The van der Waals surface area contributed by atoms with Gasteiger partial charge in [0.25, 0.3) is 0 Å². The molecule has 1 saturated heterocycles. The summed E-state index contributed by atoms with van der Waals surface area (Å²) in [6.45, 7) is 15.6. The van der Waals surface area contributed by atoms with E-state index < -0.39 is 12.1 Å². The van der Waals surface area contributed by atoms with Gasteiger partial charge in [0.1, 0.15) is 5.82 Å². The molecule has 0 amide bonds. The molecule has 2 aliphatic heterocycles. The first-order chi connectivity index (χ1) is 17.0. The summed E-state index contributed by atoms with van der Waals surface area (Å²) in [5.74, 6) is -0.937. The van der Waals surface area contributed by atoms with Crippen LogP contribution in [-0.4, -0.2) is 78.1 Å². The highest BCUT2D eigenvalue weighted by atomic mass is 19.4. The summed E-state index contributed by atoms with van der Waals surface area (Å²) in [7, 11) is 0. The quantitative estimate of drug-likeness (QED) is 0.600. The van der Waals surface area contributed by atoms with Crippen LogP contribution in [0.3, 0.4) is 0 Å². The predicted octanol–water partition coefficient (Wildman–Crippen LogP) is 4.17. The number of aromatic nitrogens is 2. The van der Waals surface area contributed by atoms with E-state index in [-0.39, 0.29) is 0 Å². The van der Waals surface area contributed by atoms with Crippen molar-refractivity contribution in [2.75, 3.05) is 56.2 Å². The van der Waals surface area contributed by atoms with Crippen LogP contribution in [0.4, 0.5) is 30.6 Å². The SMILES string of the molecule is Cc1cc(C)c(Nc2nc(C)c3c(n2)N(CCCN2CCOCC2)CC3)c(C)c1.O=C(O)C(F)(F)F. The molecular formula is C25H34F3N5O3. The highest BCUT2D eigenvalue weighted by Crippen LogP contribution is 2.31. The van der Waals surface area contributed by atoms with Gasteiger partial charge in [-0.1, -0.05) is 17.7 Å². The summed E-state index contributed by atoms with van der Waals surface area (Å²) in [6, 6.07) is 4.40. The number of halogens is 3. The summed E-state index contributed by atoms with van der Waals surface area (Å²) in [5, 5.41) is 10.6. The summed E-state index contributed by atoms with van der Waals surface area (Å²) < 4.78 is 37.2. The van der Waals surface area contributed by atoms with Gasteiger partial charge in [0, 0.05) is 49.7 Å². The third-order valence-corrected chi connectivity index (χ3v) is 6.29. The van der Waals surface area contributed by atoms with Crippen LogP contribution in [0.25, 0.3) is 0 Å². The maximum Gasteiger partial charge on any atom is 0.490 e. The fraction of sp³-hybridized carbons (Fsp3) is 0.560. The largest absolute Gasteiger partial charge is 0.490 e. The molecule has 4 rings (SSSR count). The van der Waals surface area contributed by atoms with Crippen LogP contribution in [0.1, 0.15) is 34.4 Å². The van der Waals surface area contributed by atoms with Crippen LogP contribution in [-0.2, 0) is 16.0 Å². The molecule has 36 heavy (non-hydrogen) atoms. The predicted molar refractivity (Wildman–Crippen MR) is 132 cm³/mol. The molecule has 0 spiro atoms. The number of morpholine rings is 1. The monoisotopic (exact) mass is 509 g/mol. The van der Waals surface area contributed by atoms with Crippen molar-refractivity contribution in [3.63, 3.8) is 0 Å². The molecule has 0 bridgehead atoms. The molecule has 8 nitrogen and oxygen atoms in total. The zero-order chi connectivity index (χ0) is 26.5. The molecule has 198 valence electrons. The maximum atomic E-state index is 10.6. The standard InChI is InChI=1S/C23H33N5O.C2HF3O2/c1-16-14-17(2)21(18(3)15-16)25-23-24-19(4)20-6-9-28(22(20)26-23)8-5-7-27-10-12-29-13-11-27;3-2(4,5)1(6)7/h14-15H,5-13H2,1-4H3,(H,24,25,26);(H,6,7). The second kappa shape index (κ2) is 11.9. The van der Waals surface area contributed by atoms with Gasteiger partial charge in [-0.3, -0.25) is 4.90 Å². The van der Waals surface area contributed by atoms with Crippen molar-refractivity contribution in [2.24, 2.45) is 0 Å². The van der Waals surface area contributed by atoms with Gasteiger partial charge in [0.05, 0.1) is 13.2 Å². The molecule has 2 aromatic rings. The summed E-state index contributed by atoms with van der Waals surface area (Å²) in [4.78, 5) is 23.5. The van der Waals surface area contributed by atoms with Crippen LogP contribution < -0.4 is 10.2 Å². The lowest BCUT2D eigenvalue weighted by molar-refractivity contribution is -0.192. The number of rotatable bonds is 6. The van der Waals surface area contributed by atoms with Crippen LogP contribution >= 0.6 is 0 Å². The molecule has 0 unspecified atom stereocenters. The summed E-state index contributed by atoms with van der Waals surface area (Å²) in [5.41, 5.74) is 7.25. The Bertz CT molecular complexity index is 1050. The molecule has 0 saturated carbocycles. The molecule has 1 aromatic heterocycles. The molecular weight excluding hydrogens is 475 g/mol. The molecule has 0 aliphatic carbocycles. The van der Waals surface area contributed by atoms with E-state index in [0.29, 0.717) is 5.95 Å². The zero-order valence-electron chi connectivity index (χ0n) is 21.2. The van der Waals surface area contributed by atoms with E-state index in [1.807, 2.05) is 0 Å². The molecule has 2 N–H and O–H groups in total. The summed E-state index contributed by atoms with van der Waals surface area (Å²) >= 11 is 0. The molecule has 1 fully saturated rings. The van der Waals surface area contributed by atoms with Gasteiger partial charge in [-0.2, -0.15) is 18.2 Å². The van der Waals surface area contributed by atoms with Crippen molar-refractivity contribution in [1.82, 2.24) is 14.9 Å². The first-order valence-electron chi connectivity index (χ1n) is 12.0. The maximum absolute atomic E-state index is 10.6. The van der Waals surface area contributed by atoms with E-state index in [0.717, 1.165) is 76.0 Å². The van der Waals surface area contributed by atoms with E-state index in [2.05, 4.69) is 54.9 Å². The van der Waals surface area contributed by atoms with Crippen LogP contribution in [0.15, 0.2) is 12.1 Å². The van der Waals surface area contributed by atoms with Crippen molar-refractivity contribution in [2.45, 2.75) is 46.7 Å². The average Bonchev–Trinajstić information content (AvgIpc) is 3.20. The Morgan fingerprint density at radius 2 is 1.67 bits per heavy atom. The lowest BCUT2D eigenvalue weighted by Crippen LogP contribution is -2.38. The number of ether oxygens (including phenoxy) is 1. The normalized spacial score (nSPS) is 15.8. The van der Waals surface area contributed by atoms with Gasteiger partial charge in [-0.05, 0) is 51.7 Å². The number of carbonyl (C=O) groups is 1. The highest BCUT2D eigenvalue weighted by Gasteiger charge is 2.38. The summed E-state index contributed by atoms with van der Waals surface area (Å²) in [6.07, 6.45) is -2.89. The Balaban J connectivity index is 0.000000454. The number of aryl methyl sites for hydroxylation is 4. The third-order valence-electron chi connectivity index (χ3n) is 6.29. The van der Waals surface area contributed by atoms with Gasteiger partial charge >= 0.3 is 12.1 Å². The molecule has 0 radical (unpaired) electrons. The highest BCUT2D eigenvalue weighted by molar-refractivity contribution is 5.73. The van der Waals surface area contributed by atoms with Crippen LogP contribution in [0, 0.1) is 27.7 Å². The topological polar surface area (TPSA) is 90.8 Å². The number of fused-ring (bicyclic) bond motifs is 1.